The van der Waals surface area contributed by atoms with Gasteiger partial charge in [-0.05, 0) is 63.5 Å². The first-order valence-corrected chi connectivity index (χ1v) is 15.7. The molecule has 6 rings (SSSR count). The Hall–Kier alpha value is -3.78. The van der Waals surface area contributed by atoms with Gasteiger partial charge in [0.15, 0.2) is 27.3 Å². The van der Waals surface area contributed by atoms with Gasteiger partial charge >= 0.3 is 5.91 Å². The van der Waals surface area contributed by atoms with Crippen molar-refractivity contribution in [1.82, 2.24) is 10.2 Å². The van der Waals surface area contributed by atoms with Crippen molar-refractivity contribution in [3.8, 4) is 23.0 Å². The van der Waals surface area contributed by atoms with E-state index in [9.17, 15) is 19.8 Å². The first kappa shape index (κ1) is 29.3. The number of ketones is 1. The Labute approximate surface area is 267 Å². The molecule has 1 saturated heterocycles. The van der Waals surface area contributed by atoms with Crippen LogP contribution in [0.5, 0.6) is 23.0 Å². The largest absolute Gasteiger partial charge is 0.507 e. The number of benzene rings is 3. The van der Waals surface area contributed by atoms with E-state index in [1.54, 1.807) is 30.3 Å². The van der Waals surface area contributed by atoms with Gasteiger partial charge in [0.05, 0.1) is 23.2 Å². The molecule has 4 aromatic rings. The number of aromatic hydroxyl groups is 1. The van der Waals surface area contributed by atoms with Gasteiger partial charge in [-0.3, -0.25) is 14.5 Å². The van der Waals surface area contributed by atoms with Crippen LogP contribution in [0.25, 0.3) is 5.76 Å². The molecule has 2 aliphatic rings. The van der Waals surface area contributed by atoms with Crippen LogP contribution in [0.15, 0.2) is 69.0 Å². The number of aliphatic hydroxyl groups excluding tert-OH is 1. The maximum absolute atomic E-state index is 13.6. The molecule has 2 aliphatic heterocycles. The van der Waals surface area contributed by atoms with E-state index < -0.39 is 23.5 Å². The van der Waals surface area contributed by atoms with Gasteiger partial charge in [-0.15, -0.1) is 10.2 Å². The molecule has 0 spiro atoms. The highest BCUT2D eigenvalue weighted by atomic mass is 79.9. The normalized spacial score (nSPS) is 17.4. The van der Waals surface area contributed by atoms with Crippen LogP contribution in [-0.4, -0.2) is 52.4 Å². The lowest BCUT2D eigenvalue weighted by Crippen LogP contribution is -2.29. The molecule has 1 fully saturated rings. The van der Waals surface area contributed by atoms with Crippen molar-refractivity contribution >= 4 is 73.2 Å². The number of nitrogens with zero attached hydrogens (tertiary/aromatic N) is 3. The molecule has 14 heteroatoms. The number of thioether (sulfide) groups is 1. The summed E-state index contributed by atoms with van der Waals surface area (Å²) in [5.41, 5.74) is 1.36. The monoisotopic (exact) mass is 701 g/mol. The summed E-state index contributed by atoms with van der Waals surface area (Å²) >= 11 is 12.1. The van der Waals surface area contributed by atoms with Crippen molar-refractivity contribution in [1.29, 1.82) is 0 Å². The number of methoxy groups -OCH3 is 1. The Kier molecular flexibility index (Phi) is 8.23. The molecule has 10 nitrogen and oxygen atoms in total. The minimum atomic E-state index is -1.13. The van der Waals surface area contributed by atoms with Crippen LogP contribution in [0.4, 0.5) is 5.13 Å². The van der Waals surface area contributed by atoms with Crippen LogP contribution < -0.4 is 19.1 Å². The Balaban J connectivity index is 1.44. The number of hydrogen-bond donors (Lipinski definition) is 2. The van der Waals surface area contributed by atoms with Crippen molar-refractivity contribution in [2.45, 2.75) is 16.1 Å². The molecule has 0 saturated carbocycles. The zero-order valence-electron chi connectivity index (χ0n) is 22.2. The maximum Gasteiger partial charge on any atom is 0.301 e. The smallest absolute Gasteiger partial charge is 0.301 e. The summed E-state index contributed by atoms with van der Waals surface area (Å²) in [6.07, 6.45) is 0. The van der Waals surface area contributed by atoms with Gasteiger partial charge < -0.3 is 24.4 Å². The highest BCUT2D eigenvalue weighted by Gasteiger charge is 2.49. The van der Waals surface area contributed by atoms with Crippen molar-refractivity contribution in [3.05, 3.63) is 86.4 Å². The third-order valence-electron chi connectivity index (χ3n) is 6.76. The summed E-state index contributed by atoms with van der Waals surface area (Å²) < 4.78 is 17.4. The zero-order chi connectivity index (χ0) is 30.2. The summed E-state index contributed by atoms with van der Waals surface area (Å²) in [6, 6.07) is 14.1. The molecular formula is C29H21BrClN3O7S2. The molecule has 1 unspecified atom stereocenters. The Morgan fingerprint density at radius 2 is 1.91 bits per heavy atom. The molecule has 1 aromatic heterocycles. The third-order valence-corrected chi connectivity index (χ3v) is 9.84. The minimum absolute atomic E-state index is 0.0996. The Morgan fingerprint density at radius 3 is 2.67 bits per heavy atom. The van der Waals surface area contributed by atoms with Crippen molar-refractivity contribution in [2.24, 2.45) is 0 Å². The molecule has 0 radical (unpaired) electrons. The van der Waals surface area contributed by atoms with Gasteiger partial charge in [-0.1, -0.05) is 52.9 Å². The number of anilines is 1. The lowest BCUT2D eigenvalue weighted by Gasteiger charge is -2.24. The molecule has 2 N–H and O–H groups in total. The van der Waals surface area contributed by atoms with Gasteiger partial charge in [0, 0.05) is 16.3 Å². The summed E-state index contributed by atoms with van der Waals surface area (Å²) in [4.78, 5) is 28.4. The second-order valence-electron chi connectivity index (χ2n) is 9.31. The number of aliphatic hydroxyl groups is 1. The molecular weight excluding hydrogens is 682 g/mol. The average Bonchev–Trinajstić information content (AvgIpc) is 3.59. The number of fused-ring (bicyclic) bond motifs is 1. The summed E-state index contributed by atoms with van der Waals surface area (Å²) in [5.74, 6) is -0.868. The predicted octanol–water partition coefficient (Wildman–Crippen LogP) is 6.36. The van der Waals surface area contributed by atoms with Crippen LogP contribution in [0.3, 0.4) is 0 Å². The van der Waals surface area contributed by atoms with Crippen molar-refractivity contribution < 1.29 is 34.0 Å². The van der Waals surface area contributed by atoms with Crippen LogP contribution in [0, 0.1) is 0 Å². The fourth-order valence-electron chi connectivity index (χ4n) is 4.71. The molecule has 43 heavy (non-hydrogen) atoms. The molecule has 0 aliphatic carbocycles. The standard InChI is InChI=1S/C29H21BrClN3O7S2/c1-39-21-12-16(10-17(30)25(21)36)23-22(24(35)14-6-7-19-20(11-14)41-9-8-40-19)26(37)27(38)34(23)28-32-33-29(43-28)42-13-15-4-2-3-5-18(15)31/h2-7,10-12,23,35-36H,8-9,13H2,1H3/b24-22+. The molecule has 0 bridgehead atoms. The highest BCUT2D eigenvalue weighted by Crippen LogP contribution is 2.47. The quantitative estimate of drug-likeness (QED) is 0.0738. The fourth-order valence-corrected chi connectivity index (χ4v) is 7.32. The number of amides is 1. The highest BCUT2D eigenvalue weighted by molar-refractivity contribution is 9.10. The molecule has 220 valence electrons. The third kappa shape index (κ3) is 5.53. The van der Waals surface area contributed by atoms with E-state index in [1.807, 2.05) is 18.2 Å². The first-order valence-electron chi connectivity index (χ1n) is 12.7. The second-order valence-corrected chi connectivity index (χ2v) is 12.8. The van der Waals surface area contributed by atoms with Gasteiger partial charge in [-0.25, -0.2) is 0 Å². The number of aromatic nitrogens is 2. The van der Waals surface area contributed by atoms with Crippen molar-refractivity contribution in [3.63, 3.8) is 0 Å². The molecule has 1 amide bonds. The number of rotatable bonds is 7. The van der Waals surface area contributed by atoms with Gasteiger partial charge in [-0.2, -0.15) is 0 Å². The number of ether oxygens (including phenoxy) is 3. The molecule has 3 heterocycles. The Bertz CT molecular complexity index is 1800. The number of phenolic OH excluding ortho intramolecular Hbond substituents is 1. The second kappa shape index (κ2) is 12.1. The lowest BCUT2D eigenvalue weighted by molar-refractivity contribution is -0.132. The van der Waals surface area contributed by atoms with E-state index in [2.05, 4.69) is 26.1 Å². The Morgan fingerprint density at radius 1 is 1.14 bits per heavy atom. The van der Waals surface area contributed by atoms with Crippen LogP contribution in [0.1, 0.15) is 22.7 Å². The summed E-state index contributed by atoms with van der Waals surface area (Å²) in [5, 5.41) is 31.2. The number of halogens is 2. The minimum Gasteiger partial charge on any atom is -0.507 e. The lowest BCUT2D eigenvalue weighted by atomic mass is 9.95. The van der Waals surface area contributed by atoms with Gasteiger partial charge in [0.2, 0.25) is 5.13 Å². The number of Topliss-reactive ketones (excluding diaryl/α,β-unsaturated/α-hetero) is 1. The number of phenols is 1. The van der Waals surface area contributed by atoms with Crippen LogP contribution in [-0.2, 0) is 15.3 Å². The topological polar surface area (TPSA) is 131 Å². The fraction of sp³-hybridized carbons (Fsp3) is 0.172. The van der Waals surface area contributed by atoms with E-state index in [1.165, 1.54) is 29.8 Å². The SMILES string of the molecule is COc1cc(C2/C(=C(\O)c3ccc4c(c3)OCCO4)C(=O)C(=O)N2c2nnc(SCc3ccccc3Cl)s2)cc(Br)c1O. The van der Waals surface area contributed by atoms with E-state index in [4.69, 9.17) is 25.8 Å². The van der Waals surface area contributed by atoms with Crippen LogP contribution in [0.2, 0.25) is 5.02 Å². The average molecular weight is 703 g/mol. The van der Waals surface area contributed by atoms with E-state index in [0.717, 1.165) is 16.9 Å². The van der Waals surface area contributed by atoms with E-state index in [0.29, 0.717) is 45.4 Å². The van der Waals surface area contributed by atoms with E-state index in [-0.39, 0.29) is 32.2 Å². The van der Waals surface area contributed by atoms with Gasteiger partial charge in [0.1, 0.15) is 19.0 Å². The zero-order valence-corrected chi connectivity index (χ0v) is 26.2. The number of carbonyl (C=O) groups is 2. The first-order chi connectivity index (χ1) is 20.8. The van der Waals surface area contributed by atoms with E-state index >= 15 is 0 Å². The maximum atomic E-state index is 13.6. The predicted molar refractivity (Wildman–Crippen MR) is 165 cm³/mol. The molecule has 1 atom stereocenters. The number of hydrogen-bond acceptors (Lipinski definition) is 11. The van der Waals surface area contributed by atoms with Crippen LogP contribution >= 0.6 is 50.6 Å². The summed E-state index contributed by atoms with van der Waals surface area (Å²) in [6.45, 7) is 0.721. The number of carbonyl (C=O) groups excluding carboxylic acids is 2. The van der Waals surface area contributed by atoms with Gasteiger partial charge in [0.25, 0.3) is 5.78 Å². The molecule has 3 aromatic carbocycles. The summed E-state index contributed by atoms with van der Waals surface area (Å²) in [7, 11) is 1.38. The van der Waals surface area contributed by atoms with Crippen molar-refractivity contribution in [2.75, 3.05) is 25.2 Å².